The molecule has 0 spiro atoms. The number of carbonyl (C=O) groups is 3. The molecule has 18 heteroatoms. The number of phosphoric acid groups is 2. The maximum absolute atomic E-state index is 13.1. The molecule has 0 bridgehead atoms. The van der Waals surface area contributed by atoms with Crippen molar-refractivity contribution in [3.63, 3.8) is 0 Å². The molecule has 0 aromatic heterocycles. The van der Waals surface area contributed by atoms with Gasteiger partial charge in [0, 0.05) is 19.3 Å². The van der Waals surface area contributed by atoms with Crippen molar-refractivity contribution >= 4 is 33.6 Å². The lowest BCUT2D eigenvalue weighted by atomic mass is 10.0. The molecule has 16 nitrogen and oxygen atoms in total. The van der Waals surface area contributed by atoms with Crippen molar-refractivity contribution in [3.05, 3.63) is 194 Å². The largest absolute Gasteiger partial charge is 0.472 e. The molecule has 0 saturated heterocycles. The highest BCUT2D eigenvalue weighted by Gasteiger charge is 2.30. The summed E-state index contributed by atoms with van der Waals surface area (Å²) in [5.41, 5.74) is 0. The van der Waals surface area contributed by atoms with Gasteiger partial charge in [0.05, 0.1) is 26.4 Å². The van der Waals surface area contributed by atoms with Gasteiger partial charge in [0.15, 0.2) is 6.10 Å². The molecule has 0 saturated carbocycles. The van der Waals surface area contributed by atoms with Gasteiger partial charge in [0.1, 0.15) is 25.4 Å². The number of phosphoric ester groups is 2. The first-order valence-electron chi connectivity index (χ1n) is 49.7. The zero-order valence-electron chi connectivity index (χ0n) is 79.0. The zero-order chi connectivity index (χ0) is 90.7. The molecule has 125 heavy (non-hydrogen) atoms. The van der Waals surface area contributed by atoms with Crippen LogP contribution >= 0.6 is 15.6 Å². The van der Waals surface area contributed by atoms with Gasteiger partial charge in [-0.3, -0.25) is 32.5 Å². The molecular formula is C107H180O16P2. The number of allylic oxidation sites excluding steroid dienone is 32. The highest BCUT2D eigenvalue weighted by molar-refractivity contribution is 7.47. The van der Waals surface area contributed by atoms with Gasteiger partial charge in [0.25, 0.3) is 0 Å². The summed E-state index contributed by atoms with van der Waals surface area (Å²) < 4.78 is 61.6. The number of hydrogen-bond acceptors (Lipinski definition) is 14. The maximum atomic E-state index is 13.1. The first-order chi connectivity index (χ1) is 61.2. The van der Waals surface area contributed by atoms with Crippen LogP contribution in [0.3, 0.4) is 0 Å². The molecule has 0 amide bonds. The third-order valence-electron chi connectivity index (χ3n) is 20.8. The first kappa shape index (κ1) is 119. The van der Waals surface area contributed by atoms with Gasteiger partial charge in [-0.2, -0.15) is 0 Å². The van der Waals surface area contributed by atoms with E-state index in [1.165, 1.54) is 148 Å². The molecule has 0 aliphatic rings. The lowest BCUT2D eigenvalue weighted by Crippen LogP contribution is -2.30. The minimum Gasteiger partial charge on any atom is -0.463 e. The second-order valence-corrected chi connectivity index (χ2v) is 35.7. The number of esters is 3. The van der Waals surface area contributed by atoms with Crippen LogP contribution in [0.2, 0.25) is 0 Å². The fourth-order valence-electron chi connectivity index (χ4n) is 13.3. The predicted molar refractivity (Wildman–Crippen MR) is 528 cm³/mol. The summed E-state index contributed by atoms with van der Waals surface area (Å²) in [7, 11) is -9.83. The van der Waals surface area contributed by atoms with E-state index in [0.29, 0.717) is 19.3 Å². The van der Waals surface area contributed by atoms with Gasteiger partial charge in [-0.05, 0) is 167 Å². The molecule has 0 aliphatic carbocycles. The predicted octanol–water partition coefficient (Wildman–Crippen LogP) is 31.3. The van der Waals surface area contributed by atoms with E-state index >= 15 is 0 Å². The van der Waals surface area contributed by atoms with E-state index in [9.17, 15) is 43.5 Å². The molecule has 0 fully saturated rings. The molecule has 5 atom stereocenters. The Hall–Kier alpha value is -5.61. The SMILES string of the molecule is CC/C=C\C/C=C\C/C=C\C/C=C\C/C=C\C/C=C\CCCCCCCCCCCCC(=O)OCC(COP(=O)(O)OCC(O)COP(=O)(O)OCC(O)COC(=O)CCCCCCCCCCCCCCCCCCC/C=C\C/C=C\C/C=C\C/C=C\CCCCC)OC(=O)CCCCCCCCCC/C=C\C/C=C\C/C=C\C/C=C\C/C=C\C/C=C\CC. The van der Waals surface area contributed by atoms with E-state index < -0.39 is 91.5 Å². The number of ether oxygens (including phenoxy) is 3. The summed E-state index contributed by atoms with van der Waals surface area (Å²) in [6.07, 6.45) is 130. The van der Waals surface area contributed by atoms with Gasteiger partial charge < -0.3 is 34.2 Å². The molecule has 0 aromatic rings. The number of unbranched alkanes of at least 4 members (excludes halogenated alkanes) is 38. The molecular weight excluding hydrogens is 1600 g/mol. The number of aliphatic hydroxyl groups is 2. The third-order valence-corrected chi connectivity index (χ3v) is 22.7. The van der Waals surface area contributed by atoms with Crippen molar-refractivity contribution in [1.29, 1.82) is 0 Å². The summed E-state index contributed by atoms with van der Waals surface area (Å²) in [4.78, 5) is 59.2. The third kappa shape index (κ3) is 98.8. The number of rotatable bonds is 93. The molecule has 0 radical (unpaired) electrons. The van der Waals surface area contributed by atoms with Crippen LogP contribution in [0, 0.1) is 0 Å². The fraction of sp³-hybridized carbons (Fsp3) is 0.673. The van der Waals surface area contributed by atoms with Crippen LogP contribution in [-0.2, 0) is 55.8 Å². The van der Waals surface area contributed by atoms with Crippen molar-refractivity contribution in [2.75, 3.05) is 39.6 Å². The van der Waals surface area contributed by atoms with E-state index in [-0.39, 0.29) is 19.3 Å². The van der Waals surface area contributed by atoms with Crippen LogP contribution in [0.5, 0.6) is 0 Å². The average molecular weight is 1780 g/mol. The normalized spacial score (nSPS) is 14.5. The monoisotopic (exact) mass is 1780 g/mol. The Labute approximate surface area is 763 Å². The number of carbonyl (C=O) groups excluding carboxylic acids is 3. The molecule has 4 N–H and O–H groups in total. The Bertz CT molecular complexity index is 3050. The summed E-state index contributed by atoms with van der Waals surface area (Å²) >= 11 is 0. The van der Waals surface area contributed by atoms with E-state index in [0.717, 1.165) is 199 Å². The van der Waals surface area contributed by atoms with E-state index in [1.54, 1.807) is 0 Å². The van der Waals surface area contributed by atoms with E-state index in [4.69, 9.17) is 32.3 Å². The quantitative estimate of drug-likeness (QED) is 0.0146. The summed E-state index contributed by atoms with van der Waals surface area (Å²) in [5.74, 6) is -1.58. The Morgan fingerprint density at radius 1 is 0.232 bits per heavy atom. The lowest BCUT2D eigenvalue weighted by Gasteiger charge is -2.21. The fourth-order valence-corrected chi connectivity index (χ4v) is 14.9. The Morgan fingerprint density at radius 2 is 0.424 bits per heavy atom. The maximum Gasteiger partial charge on any atom is 0.472 e. The van der Waals surface area contributed by atoms with E-state index in [1.807, 2.05) is 0 Å². The molecule has 0 aliphatic heterocycles. The van der Waals surface area contributed by atoms with E-state index in [2.05, 4.69) is 215 Å². The van der Waals surface area contributed by atoms with Crippen LogP contribution < -0.4 is 0 Å². The van der Waals surface area contributed by atoms with Crippen LogP contribution in [0.1, 0.15) is 406 Å². The molecule has 0 heterocycles. The van der Waals surface area contributed by atoms with Gasteiger partial charge >= 0.3 is 33.6 Å². The average Bonchev–Trinajstić information content (AvgIpc) is 0.898. The minimum atomic E-state index is -4.95. The van der Waals surface area contributed by atoms with Gasteiger partial charge in [-0.1, -0.05) is 414 Å². The molecule has 0 aromatic carbocycles. The van der Waals surface area contributed by atoms with Gasteiger partial charge in [0.2, 0.25) is 0 Å². The number of aliphatic hydroxyl groups excluding tert-OH is 2. The van der Waals surface area contributed by atoms with Crippen molar-refractivity contribution in [1.82, 2.24) is 0 Å². The minimum absolute atomic E-state index is 0.0868. The number of hydrogen-bond donors (Lipinski definition) is 4. The zero-order valence-corrected chi connectivity index (χ0v) is 80.7. The van der Waals surface area contributed by atoms with Crippen molar-refractivity contribution in [3.8, 4) is 0 Å². The highest BCUT2D eigenvalue weighted by atomic mass is 31.2. The Balaban J connectivity index is 4.64. The standard InChI is InChI=1S/C107H180O16P2/c1-4-7-10-13-16-19-22-25-28-31-34-37-40-43-46-48-49-50-51-53-56-57-60-63-66-69-72-75-78-81-84-87-90-93-105(110)117-96-102(108)97-119-124(113,114)120-98-103(109)99-121-125(115,116)122-101-104(123-107(112)95-92-89-86-83-80-77-74-71-68-65-62-59-54-45-42-39-36-33-30-27-24-21-18-15-12-9-6-3)100-118-106(111)94-91-88-85-82-79-76-73-70-67-64-61-58-55-52-47-44-41-38-35-32-29-26-23-20-17-14-11-8-5-2/h8-9,11-12,16-21,25-30,34-39,43-47,54-55,58,62,65,102-104,108-109H,4-7,10,13-15,22-24,31-33,40-42,48-53,56-57,59-61,63-64,66-101H2,1-3H3,(H,113,114)(H,115,116)/b11-8-,12-9-,19-16-,20-17-,21-18-,28-25-,29-26-,30-27-,37-34-,38-35-,39-36-,46-43-,47-44-,54-45-,58-55-,65-62-. The van der Waals surface area contributed by atoms with Crippen molar-refractivity contribution < 1.29 is 75.8 Å². The van der Waals surface area contributed by atoms with Gasteiger partial charge in [-0.25, -0.2) is 9.13 Å². The van der Waals surface area contributed by atoms with Crippen LogP contribution in [-0.4, -0.2) is 95.9 Å². The lowest BCUT2D eigenvalue weighted by molar-refractivity contribution is -0.161. The highest BCUT2D eigenvalue weighted by Crippen LogP contribution is 2.45. The second-order valence-electron chi connectivity index (χ2n) is 32.8. The van der Waals surface area contributed by atoms with Gasteiger partial charge in [-0.15, -0.1) is 0 Å². The topological polar surface area (TPSA) is 231 Å². The van der Waals surface area contributed by atoms with Crippen molar-refractivity contribution in [2.24, 2.45) is 0 Å². The first-order valence-corrected chi connectivity index (χ1v) is 52.7. The molecule has 714 valence electrons. The Morgan fingerprint density at radius 3 is 0.672 bits per heavy atom. The van der Waals surface area contributed by atoms with Crippen LogP contribution in [0.4, 0.5) is 0 Å². The second kappa shape index (κ2) is 97.4. The van der Waals surface area contributed by atoms with Crippen LogP contribution in [0.25, 0.3) is 0 Å². The summed E-state index contributed by atoms with van der Waals surface area (Å²) in [6.45, 7) is 2.46. The summed E-state index contributed by atoms with van der Waals surface area (Å²) in [5, 5.41) is 20.8. The molecule has 5 unspecified atom stereocenters. The van der Waals surface area contributed by atoms with Crippen molar-refractivity contribution in [2.45, 2.75) is 424 Å². The Kier molecular flexibility index (Phi) is 93.1. The summed E-state index contributed by atoms with van der Waals surface area (Å²) in [6, 6.07) is 0. The van der Waals surface area contributed by atoms with Crippen LogP contribution in [0.15, 0.2) is 194 Å². The molecule has 0 rings (SSSR count). The smallest absolute Gasteiger partial charge is 0.463 e.